The van der Waals surface area contributed by atoms with Crippen LogP contribution in [0.4, 0.5) is 18.0 Å². The van der Waals surface area contributed by atoms with Gasteiger partial charge in [0.1, 0.15) is 29.8 Å². The van der Waals surface area contributed by atoms with Crippen LogP contribution in [-0.4, -0.2) is 93.4 Å². The van der Waals surface area contributed by atoms with E-state index in [1.165, 1.54) is 27.6 Å². The van der Waals surface area contributed by atoms with Crippen molar-refractivity contribution in [1.29, 1.82) is 0 Å². The molecule has 3 saturated carbocycles. The van der Waals surface area contributed by atoms with Gasteiger partial charge in [0, 0.05) is 29.4 Å². The normalized spacial score (nSPS) is 26.6. The Kier molecular flexibility index (Phi) is 11.3. The number of rotatable bonds is 8. The van der Waals surface area contributed by atoms with Gasteiger partial charge in [-0.15, -0.1) is 0 Å². The Morgan fingerprint density at radius 2 is 1.67 bits per heavy atom. The number of fused-ring (bicyclic) bond motifs is 5. The fraction of sp³-hybridized carbons (Fsp3) is 0.500. The number of hydrogen-bond acceptors (Lipinski definition) is 10. The summed E-state index contributed by atoms with van der Waals surface area (Å²) < 4.78 is 82.4. The molecule has 2 aromatic carbocycles. The maximum absolute atomic E-state index is 14.8. The average Bonchev–Trinajstić information content (AvgIpc) is 4.06. The molecule has 334 valence electrons. The first-order valence-electron chi connectivity index (χ1n) is 21.6. The van der Waals surface area contributed by atoms with Gasteiger partial charge in [0.05, 0.1) is 28.6 Å². The molecule has 0 spiro atoms. The van der Waals surface area contributed by atoms with E-state index in [0.29, 0.717) is 54.2 Å². The van der Waals surface area contributed by atoms with Crippen molar-refractivity contribution in [3.8, 4) is 17.1 Å². The summed E-state index contributed by atoms with van der Waals surface area (Å²) in [6.45, 7) is -0.147. The van der Waals surface area contributed by atoms with Crippen molar-refractivity contribution in [2.24, 2.45) is 5.92 Å². The monoisotopic (exact) mass is 891 g/mol. The summed E-state index contributed by atoms with van der Waals surface area (Å²) in [5.74, 6) is -2.48. The maximum Gasteiger partial charge on any atom is 0.416 e. The molecule has 2 aliphatic heterocycles. The van der Waals surface area contributed by atoms with Crippen LogP contribution in [0.15, 0.2) is 66.7 Å². The smallest absolute Gasteiger partial charge is 0.416 e. The molecule has 5 atom stereocenters. The van der Waals surface area contributed by atoms with Gasteiger partial charge < -0.3 is 25.0 Å². The van der Waals surface area contributed by atoms with Gasteiger partial charge in [0.2, 0.25) is 27.7 Å². The van der Waals surface area contributed by atoms with Gasteiger partial charge in [-0.25, -0.2) is 18.2 Å². The third kappa shape index (κ3) is 8.93. The number of alkyl halides is 3. The summed E-state index contributed by atoms with van der Waals surface area (Å²) in [7, 11) is -3.96. The Bertz CT molecular complexity index is 2580. The van der Waals surface area contributed by atoms with Crippen LogP contribution >= 0.6 is 0 Å². The Labute approximate surface area is 361 Å². The summed E-state index contributed by atoms with van der Waals surface area (Å²) in [4.78, 5) is 62.6. The minimum absolute atomic E-state index is 0.0877. The van der Waals surface area contributed by atoms with E-state index in [-0.39, 0.29) is 43.5 Å². The van der Waals surface area contributed by atoms with Crippen LogP contribution in [0.2, 0.25) is 0 Å². The molecule has 4 heterocycles. The van der Waals surface area contributed by atoms with E-state index in [1.807, 2.05) is 12.2 Å². The Morgan fingerprint density at radius 1 is 0.921 bits per heavy atom. The van der Waals surface area contributed by atoms with Crippen molar-refractivity contribution in [3.05, 3.63) is 72.3 Å². The summed E-state index contributed by atoms with van der Waals surface area (Å²) in [5, 5.41) is 10.3. The van der Waals surface area contributed by atoms with Gasteiger partial charge in [0.25, 0.3) is 5.91 Å². The number of hydrogen-bond donors (Lipinski definition) is 3. The first-order valence-corrected chi connectivity index (χ1v) is 23.2. The fourth-order valence-electron chi connectivity index (χ4n) is 9.02. The van der Waals surface area contributed by atoms with E-state index in [2.05, 4.69) is 15.4 Å². The van der Waals surface area contributed by atoms with Crippen molar-refractivity contribution in [2.75, 3.05) is 6.54 Å². The minimum atomic E-state index is -4.55. The Hall–Kier alpha value is -5.72. The van der Waals surface area contributed by atoms with Crippen LogP contribution in [0, 0.1) is 5.92 Å². The quantitative estimate of drug-likeness (QED) is 0.178. The fourth-order valence-corrected chi connectivity index (χ4v) is 10.4. The molecule has 2 aromatic heterocycles. The van der Waals surface area contributed by atoms with Crippen molar-refractivity contribution >= 4 is 50.4 Å². The van der Waals surface area contributed by atoms with E-state index >= 15 is 0 Å². The van der Waals surface area contributed by atoms with Crippen LogP contribution in [0.25, 0.3) is 27.8 Å². The number of nitrogens with zero attached hydrogens (tertiary/aromatic N) is 4. The van der Waals surface area contributed by atoms with Crippen LogP contribution in [0.5, 0.6) is 5.88 Å². The van der Waals surface area contributed by atoms with E-state index in [9.17, 15) is 40.8 Å². The van der Waals surface area contributed by atoms with Crippen LogP contribution < -0.4 is 20.1 Å². The molecule has 0 unspecified atom stereocenters. The van der Waals surface area contributed by atoms with Crippen LogP contribution in [0.1, 0.15) is 89.0 Å². The van der Waals surface area contributed by atoms with Crippen molar-refractivity contribution < 1.29 is 50.2 Å². The van der Waals surface area contributed by atoms with E-state index in [0.717, 1.165) is 44.2 Å². The minimum Gasteiger partial charge on any atom is -0.472 e. The highest BCUT2D eigenvalue weighted by Crippen LogP contribution is 2.46. The summed E-state index contributed by atoms with van der Waals surface area (Å²) in [6.07, 6.45) is 4.48. The molecule has 9 rings (SSSR count). The molecule has 4 fully saturated rings. The third-order valence-electron chi connectivity index (χ3n) is 12.8. The maximum atomic E-state index is 14.8. The lowest BCUT2D eigenvalue weighted by molar-refractivity contribution is -0.141. The predicted molar refractivity (Wildman–Crippen MR) is 222 cm³/mol. The lowest BCUT2D eigenvalue weighted by Gasteiger charge is -2.30. The van der Waals surface area contributed by atoms with Crippen molar-refractivity contribution in [2.45, 2.75) is 125 Å². The zero-order chi connectivity index (χ0) is 44.1. The highest BCUT2D eigenvalue weighted by Gasteiger charge is 2.62. The van der Waals surface area contributed by atoms with Gasteiger partial charge in [-0.05, 0) is 88.5 Å². The first-order chi connectivity index (χ1) is 30.2. The molecule has 5 aliphatic rings. The summed E-state index contributed by atoms with van der Waals surface area (Å²) in [6, 6.07) is 10.9. The van der Waals surface area contributed by atoms with E-state index in [1.54, 1.807) is 24.3 Å². The number of alkyl carbamates (subject to hydrolysis) is 1. The second-order valence-electron chi connectivity index (χ2n) is 17.3. The molecule has 4 aromatic rings. The number of nitrogens with one attached hydrogen (secondary N) is 3. The van der Waals surface area contributed by atoms with Crippen LogP contribution in [0.3, 0.4) is 0 Å². The van der Waals surface area contributed by atoms with Crippen molar-refractivity contribution in [1.82, 2.24) is 34.9 Å². The molecule has 15 nitrogen and oxygen atoms in total. The molecule has 0 radical (unpaired) electrons. The lowest BCUT2D eigenvalue weighted by Crippen LogP contribution is -2.58. The lowest BCUT2D eigenvalue weighted by atomic mass is 10.0. The third-order valence-corrected chi connectivity index (χ3v) is 14.6. The Balaban J connectivity index is 1.05. The summed E-state index contributed by atoms with van der Waals surface area (Å²) >= 11 is 0. The van der Waals surface area contributed by atoms with E-state index < -0.39 is 80.5 Å². The zero-order valence-corrected chi connectivity index (χ0v) is 35.1. The number of halogens is 3. The first kappa shape index (κ1) is 42.6. The molecular weight excluding hydrogens is 844 g/mol. The topological polar surface area (TPSA) is 190 Å². The number of allylic oxidation sites excluding steroid dienone is 1. The number of benzene rings is 2. The SMILES string of the molecule is O=C(N[C@@H]1CCCCC/C=C\[C@@H]2C[C@@]2(C(=O)NS(=O)(=O)C2CC2)NC(=O)[C@@H]2C[C@@H](Oc3cc(-c4ccc(C(F)(F)F)cc4)nc4c5ccccc5nn34)CN2C1=O)OC1CCCC1. The predicted octanol–water partition coefficient (Wildman–Crippen LogP) is 5.96. The van der Waals surface area contributed by atoms with E-state index in [4.69, 9.17) is 19.6 Å². The number of aromatic nitrogens is 3. The molecule has 4 amide bonds. The zero-order valence-electron chi connectivity index (χ0n) is 34.3. The van der Waals surface area contributed by atoms with Gasteiger partial charge in [0.15, 0.2) is 5.65 Å². The van der Waals surface area contributed by atoms with Gasteiger partial charge >= 0.3 is 12.3 Å². The molecule has 63 heavy (non-hydrogen) atoms. The van der Waals surface area contributed by atoms with Gasteiger partial charge in [-0.1, -0.05) is 49.3 Å². The summed E-state index contributed by atoms with van der Waals surface area (Å²) in [5.41, 5.74) is -0.848. The molecular formula is C44H48F3N7O8S. The van der Waals surface area contributed by atoms with Gasteiger partial charge in [-0.3, -0.25) is 19.1 Å². The number of ether oxygens (including phenoxy) is 2. The number of carbonyl (C=O) groups is 4. The second kappa shape index (κ2) is 16.8. The Morgan fingerprint density at radius 3 is 2.41 bits per heavy atom. The standard InChI is InChI=1S/C44H48F3N7O8S/c45-44(46,47)27-18-16-26(17-19-27)35-23-37(54-38(48-35)32-13-8-9-14-33(32)51-54)61-30-22-36-39(55)50-43(41(57)52-63(59,60)31-20-21-31)24-28(43)10-4-2-1-3-5-15-34(40(56)53(36)25-30)49-42(58)62-29-11-6-7-12-29/h4,8-10,13-14,16-19,23,28-31,34,36H,1-3,5-7,11-12,15,20-22,24-25H2,(H,49,58)(H,50,55)(H,52,57)/b10-4-/t28-,30-,34-,36+,43-/m1/s1. The van der Waals surface area contributed by atoms with Crippen LogP contribution in [-0.2, 0) is 35.3 Å². The molecule has 19 heteroatoms. The molecule has 3 aliphatic carbocycles. The molecule has 1 saturated heterocycles. The van der Waals surface area contributed by atoms with Gasteiger partial charge in [-0.2, -0.15) is 22.8 Å². The number of amides is 4. The highest BCUT2D eigenvalue weighted by atomic mass is 32.2. The number of carbonyl (C=O) groups excluding carboxylic acids is 4. The molecule has 0 bridgehead atoms. The second-order valence-corrected chi connectivity index (χ2v) is 19.3. The average molecular weight is 892 g/mol. The largest absolute Gasteiger partial charge is 0.472 e. The highest BCUT2D eigenvalue weighted by molar-refractivity contribution is 7.91. The van der Waals surface area contributed by atoms with Crippen molar-refractivity contribution in [3.63, 3.8) is 0 Å². The molecule has 3 N–H and O–H groups in total. The number of sulfonamides is 1.